The van der Waals surface area contributed by atoms with E-state index in [2.05, 4.69) is 10.3 Å². The summed E-state index contributed by atoms with van der Waals surface area (Å²) in [5.74, 6) is -1.42. The Morgan fingerprint density at radius 2 is 1.76 bits per heavy atom. The number of aliphatic carboxylic acids is 1. The fraction of sp³-hybridized carbons (Fsp3) is 0.103. The zero-order valence-corrected chi connectivity index (χ0v) is 22.2. The third-order valence-corrected chi connectivity index (χ3v) is 8.13. The van der Waals surface area contributed by atoms with E-state index < -0.39 is 11.4 Å². The van der Waals surface area contributed by atoms with E-state index in [1.54, 1.807) is 42.7 Å². The molecule has 0 bridgehead atoms. The maximum Gasteiger partial charge on any atom is 0.332 e. The van der Waals surface area contributed by atoms with E-state index in [4.69, 9.17) is 28.2 Å². The number of hydrogen-bond acceptors (Lipinski definition) is 5. The predicted octanol–water partition coefficient (Wildman–Crippen LogP) is 6.56. The molecule has 0 radical (unpaired) electrons. The first kappa shape index (κ1) is 25.9. The summed E-state index contributed by atoms with van der Waals surface area (Å²) in [5, 5.41) is 16.3. The molecule has 6 nitrogen and oxygen atoms in total. The molecule has 2 aromatic heterocycles. The number of nitrogens with zero attached hydrogens (tertiary/aromatic N) is 2. The molecule has 4 aromatic rings. The number of nitrogens with one attached hydrogen (secondary N) is 1. The highest BCUT2D eigenvalue weighted by Crippen LogP contribution is 2.43. The van der Waals surface area contributed by atoms with Gasteiger partial charge in [0, 0.05) is 41.9 Å². The van der Waals surface area contributed by atoms with Crippen LogP contribution in [0.5, 0.6) is 0 Å². The molecule has 2 heterocycles. The number of allylic oxidation sites excluding steroid dienone is 2. The van der Waals surface area contributed by atoms with Crippen molar-refractivity contribution in [2.75, 3.05) is 0 Å². The Morgan fingerprint density at radius 3 is 2.47 bits per heavy atom. The number of pyridine rings is 1. The minimum absolute atomic E-state index is 0.0560. The van der Waals surface area contributed by atoms with Crippen LogP contribution in [0.4, 0.5) is 0 Å². The first-order valence-electron chi connectivity index (χ1n) is 11.7. The van der Waals surface area contributed by atoms with E-state index >= 15 is 0 Å². The molecule has 5 rings (SSSR count). The van der Waals surface area contributed by atoms with Gasteiger partial charge in [-0.15, -0.1) is 11.3 Å². The number of rotatable bonds is 7. The second kappa shape index (κ2) is 10.9. The lowest BCUT2D eigenvalue weighted by molar-refractivity contribution is -0.133. The Morgan fingerprint density at radius 1 is 1.00 bits per heavy atom. The lowest BCUT2D eigenvalue weighted by atomic mass is 9.74. The summed E-state index contributed by atoms with van der Waals surface area (Å²) in [4.78, 5) is 35.2. The van der Waals surface area contributed by atoms with Crippen LogP contribution in [0.15, 0.2) is 96.2 Å². The summed E-state index contributed by atoms with van der Waals surface area (Å²) in [7, 11) is 0. The van der Waals surface area contributed by atoms with Crippen LogP contribution in [0, 0.1) is 0 Å². The second-order valence-electron chi connectivity index (χ2n) is 8.75. The number of carboxylic acid groups (broad SMARTS) is 1. The molecule has 1 aliphatic rings. The van der Waals surface area contributed by atoms with E-state index in [9.17, 15) is 14.7 Å². The summed E-state index contributed by atoms with van der Waals surface area (Å²) in [6.45, 7) is 0.264. The molecule has 1 unspecified atom stereocenters. The van der Waals surface area contributed by atoms with Crippen molar-refractivity contribution in [3.63, 3.8) is 0 Å². The average Bonchev–Trinajstić information content (AvgIpc) is 3.45. The van der Waals surface area contributed by atoms with Crippen LogP contribution in [0.25, 0.3) is 16.8 Å². The standard InChI is InChI=1S/C29H21Cl2N3O3S/c30-23-7-6-20(14-24(23)31)25-17-38-28(34-25)29(27(37)33-16-18-9-12-32-13-10-18)11-8-21(22(15-29)26(35)36)19-4-2-1-3-5-19/h1-14,17H,15-16H2,(H,33,37)(H,35,36). The fourth-order valence-corrected chi connectivity index (χ4v) is 5.65. The Kier molecular flexibility index (Phi) is 7.42. The molecule has 0 saturated heterocycles. The number of aromatic nitrogens is 2. The van der Waals surface area contributed by atoms with Crippen molar-refractivity contribution in [1.29, 1.82) is 0 Å². The molecule has 1 amide bonds. The molecule has 2 aromatic carbocycles. The van der Waals surface area contributed by atoms with Crippen LogP contribution in [0.2, 0.25) is 10.0 Å². The highest BCUT2D eigenvalue weighted by Gasteiger charge is 2.45. The van der Waals surface area contributed by atoms with Gasteiger partial charge in [0.05, 0.1) is 15.7 Å². The van der Waals surface area contributed by atoms with Crippen molar-refractivity contribution >= 4 is 52.0 Å². The van der Waals surface area contributed by atoms with Gasteiger partial charge in [-0.25, -0.2) is 9.78 Å². The van der Waals surface area contributed by atoms with Gasteiger partial charge in [0.2, 0.25) is 5.91 Å². The highest BCUT2D eigenvalue weighted by molar-refractivity contribution is 7.10. The van der Waals surface area contributed by atoms with Gasteiger partial charge >= 0.3 is 5.97 Å². The molecule has 0 spiro atoms. The molecule has 1 aliphatic carbocycles. The molecule has 1 atom stereocenters. The number of benzene rings is 2. The normalized spacial score (nSPS) is 16.9. The van der Waals surface area contributed by atoms with Crippen molar-refractivity contribution in [3.05, 3.63) is 122 Å². The summed E-state index contributed by atoms with van der Waals surface area (Å²) < 4.78 is 0. The molecule has 38 heavy (non-hydrogen) atoms. The highest BCUT2D eigenvalue weighted by atomic mass is 35.5. The van der Waals surface area contributed by atoms with Gasteiger partial charge in [-0.2, -0.15) is 0 Å². The van der Waals surface area contributed by atoms with Crippen molar-refractivity contribution in [3.8, 4) is 11.3 Å². The van der Waals surface area contributed by atoms with E-state index in [-0.39, 0.29) is 24.4 Å². The Labute approximate surface area is 233 Å². The van der Waals surface area contributed by atoms with Crippen LogP contribution < -0.4 is 5.32 Å². The first-order valence-corrected chi connectivity index (χ1v) is 13.3. The number of thiazole rings is 1. The maximum atomic E-state index is 13.9. The van der Waals surface area contributed by atoms with E-state index in [1.165, 1.54) is 11.3 Å². The second-order valence-corrected chi connectivity index (χ2v) is 10.4. The SMILES string of the molecule is O=C(O)C1=C(c2ccccc2)C=CC(C(=O)NCc2ccncc2)(c2nc(-c3ccc(Cl)c(Cl)c3)cs2)C1. The number of carbonyl (C=O) groups excluding carboxylic acids is 1. The Balaban J connectivity index is 1.56. The maximum absolute atomic E-state index is 13.9. The first-order chi connectivity index (χ1) is 18.4. The van der Waals surface area contributed by atoms with Gasteiger partial charge in [0.15, 0.2) is 0 Å². The monoisotopic (exact) mass is 561 g/mol. The van der Waals surface area contributed by atoms with Crippen LogP contribution in [0.3, 0.4) is 0 Å². The molecular formula is C29H21Cl2N3O3S. The smallest absolute Gasteiger partial charge is 0.332 e. The van der Waals surface area contributed by atoms with Crippen molar-refractivity contribution in [1.82, 2.24) is 15.3 Å². The average molecular weight is 562 g/mol. The minimum Gasteiger partial charge on any atom is -0.478 e. The molecule has 0 aliphatic heterocycles. The lowest BCUT2D eigenvalue weighted by Crippen LogP contribution is -2.44. The van der Waals surface area contributed by atoms with Crippen LogP contribution in [-0.2, 0) is 21.5 Å². The zero-order chi connectivity index (χ0) is 26.7. The van der Waals surface area contributed by atoms with Crippen molar-refractivity contribution in [2.45, 2.75) is 18.4 Å². The van der Waals surface area contributed by atoms with Gasteiger partial charge in [0.25, 0.3) is 0 Å². The quantitative estimate of drug-likeness (QED) is 0.266. The minimum atomic E-state index is -1.32. The van der Waals surface area contributed by atoms with Gasteiger partial charge in [-0.05, 0) is 41.0 Å². The summed E-state index contributed by atoms with van der Waals surface area (Å²) in [6, 6.07) is 18.1. The van der Waals surface area contributed by atoms with Gasteiger partial charge in [0.1, 0.15) is 10.4 Å². The van der Waals surface area contributed by atoms with Crippen LogP contribution in [0.1, 0.15) is 22.6 Å². The number of carboxylic acids is 1. The number of hydrogen-bond donors (Lipinski definition) is 2. The third-order valence-electron chi connectivity index (χ3n) is 6.37. The fourth-order valence-electron chi connectivity index (χ4n) is 4.35. The summed E-state index contributed by atoms with van der Waals surface area (Å²) in [6.07, 6.45) is 6.73. The number of halogens is 2. The van der Waals surface area contributed by atoms with E-state index in [0.717, 1.165) is 16.7 Å². The van der Waals surface area contributed by atoms with Crippen LogP contribution in [-0.4, -0.2) is 27.0 Å². The lowest BCUT2D eigenvalue weighted by Gasteiger charge is -2.31. The number of amides is 1. The molecule has 190 valence electrons. The van der Waals surface area contributed by atoms with Gasteiger partial charge in [-0.1, -0.05) is 71.8 Å². The predicted molar refractivity (Wildman–Crippen MR) is 150 cm³/mol. The molecule has 0 saturated carbocycles. The zero-order valence-electron chi connectivity index (χ0n) is 19.9. The Bertz CT molecular complexity index is 1570. The summed E-state index contributed by atoms with van der Waals surface area (Å²) in [5.41, 5.74) is 2.39. The molecule has 0 fully saturated rings. The van der Waals surface area contributed by atoms with Gasteiger partial charge < -0.3 is 10.4 Å². The van der Waals surface area contributed by atoms with Crippen molar-refractivity contribution < 1.29 is 14.7 Å². The molecular weight excluding hydrogens is 541 g/mol. The molecule has 9 heteroatoms. The summed E-state index contributed by atoms with van der Waals surface area (Å²) >= 11 is 13.6. The van der Waals surface area contributed by atoms with Crippen molar-refractivity contribution in [2.24, 2.45) is 0 Å². The number of carbonyl (C=O) groups is 2. The molecule has 2 N–H and O–H groups in total. The van der Waals surface area contributed by atoms with E-state index in [0.29, 0.717) is 26.3 Å². The van der Waals surface area contributed by atoms with Gasteiger partial charge in [-0.3, -0.25) is 9.78 Å². The Hall–Kier alpha value is -3.78. The third kappa shape index (κ3) is 5.13. The van der Waals surface area contributed by atoms with Crippen LogP contribution >= 0.6 is 34.5 Å². The largest absolute Gasteiger partial charge is 0.478 e. The topological polar surface area (TPSA) is 92.2 Å². The van der Waals surface area contributed by atoms with E-state index in [1.807, 2.05) is 47.8 Å².